The molecule has 0 aliphatic carbocycles. The Morgan fingerprint density at radius 3 is 2.55 bits per heavy atom. The maximum atomic E-state index is 12.6. The summed E-state index contributed by atoms with van der Waals surface area (Å²) in [5.41, 5.74) is 0.0599. The molecule has 2 heterocycles. The summed E-state index contributed by atoms with van der Waals surface area (Å²) in [6, 6.07) is 6.30. The van der Waals surface area contributed by atoms with Crippen molar-refractivity contribution in [3.8, 4) is 11.6 Å². The van der Waals surface area contributed by atoms with Crippen LogP contribution in [0.1, 0.15) is 26.3 Å². The number of aromatic nitrogens is 1. The van der Waals surface area contributed by atoms with E-state index in [1.165, 1.54) is 18.2 Å². The van der Waals surface area contributed by atoms with Gasteiger partial charge in [0.1, 0.15) is 23.6 Å². The highest BCUT2D eigenvalue weighted by molar-refractivity contribution is 5.98. The molecule has 0 saturated carbocycles. The Kier molecular flexibility index (Phi) is 5.10. The van der Waals surface area contributed by atoms with Crippen LogP contribution in [0.4, 0.5) is 16.2 Å². The third-order valence-corrected chi connectivity index (χ3v) is 4.07. The summed E-state index contributed by atoms with van der Waals surface area (Å²) in [6.07, 6.45) is 0.435. The van der Waals surface area contributed by atoms with Crippen molar-refractivity contribution in [1.82, 2.24) is 4.98 Å². The average Bonchev–Trinajstić information content (AvgIpc) is 3.00. The highest BCUT2D eigenvalue weighted by Crippen LogP contribution is 2.37. The van der Waals surface area contributed by atoms with Crippen LogP contribution in [0.3, 0.4) is 0 Å². The molecule has 10 nitrogen and oxygen atoms in total. The van der Waals surface area contributed by atoms with E-state index < -0.39 is 28.6 Å². The first-order valence-corrected chi connectivity index (χ1v) is 8.71. The second-order valence-corrected chi connectivity index (χ2v) is 7.41. The first-order valence-electron chi connectivity index (χ1n) is 8.71. The molecule has 0 bridgehead atoms. The summed E-state index contributed by atoms with van der Waals surface area (Å²) in [5, 5.41) is 20.2. The molecule has 29 heavy (non-hydrogen) atoms. The number of ether oxygens (including phenoxy) is 2. The summed E-state index contributed by atoms with van der Waals surface area (Å²) in [7, 11) is 0. The van der Waals surface area contributed by atoms with Crippen molar-refractivity contribution < 1.29 is 29.1 Å². The number of carbonyl (C=O) groups excluding carboxylic acids is 1. The van der Waals surface area contributed by atoms with Gasteiger partial charge in [0, 0.05) is 24.6 Å². The minimum absolute atomic E-state index is 0.118. The Balaban J connectivity index is 1.89. The van der Waals surface area contributed by atoms with Crippen LogP contribution in [0.5, 0.6) is 11.6 Å². The molecule has 0 spiro atoms. The molecule has 1 aromatic heterocycles. The van der Waals surface area contributed by atoms with Crippen LogP contribution in [0.15, 0.2) is 36.5 Å². The number of nitrogens with zero attached hydrogens (tertiary/aromatic N) is 3. The number of rotatable bonds is 4. The molecular weight excluding hydrogens is 382 g/mol. The molecule has 1 atom stereocenters. The molecular formula is C19H19N3O7. The number of hydrogen-bond acceptors (Lipinski definition) is 7. The van der Waals surface area contributed by atoms with Crippen molar-refractivity contribution in [3.63, 3.8) is 0 Å². The Morgan fingerprint density at radius 2 is 2.00 bits per heavy atom. The van der Waals surface area contributed by atoms with E-state index in [1.807, 2.05) is 0 Å². The number of pyridine rings is 1. The van der Waals surface area contributed by atoms with E-state index in [0.717, 1.165) is 11.1 Å². The number of amides is 1. The molecule has 10 heteroatoms. The standard InChI is InChI=1S/C19H19N3O7/c1-19(2,3)29-18(25)21-14-9-13(6-4-11(14)8-15(21)17(23)24)28-16-7-5-12(10-20-16)22(26)27/h4-7,9-10,15H,8H2,1-3H3,(H,23,24). The average molecular weight is 401 g/mol. The lowest BCUT2D eigenvalue weighted by molar-refractivity contribution is -0.385. The van der Waals surface area contributed by atoms with Crippen molar-refractivity contribution in [2.45, 2.75) is 38.8 Å². The number of carboxylic acid groups (broad SMARTS) is 1. The molecule has 0 fully saturated rings. The van der Waals surface area contributed by atoms with Crippen LogP contribution < -0.4 is 9.64 Å². The first kappa shape index (κ1) is 20.1. The maximum absolute atomic E-state index is 12.6. The molecule has 0 radical (unpaired) electrons. The van der Waals surface area contributed by atoms with Gasteiger partial charge in [0.25, 0.3) is 5.69 Å². The summed E-state index contributed by atoms with van der Waals surface area (Å²) in [6.45, 7) is 5.08. The van der Waals surface area contributed by atoms with Crippen LogP contribution >= 0.6 is 0 Å². The molecule has 1 N–H and O–H groups in total. The second-order valence-electron chi connectivity index (χ2n) is 7.41. The third kappa shape index (κ3) is 4.42. The predicted octanol–water partition coefficient (Wildman–Crippen LogP) is 3.53. The first-order chi connectivity index (χ1) is 13.5. The quantitative estimate of drug-likeness (QED) is 0.608. The molecule has 1 aromatic carbocycles. The van der Waals surface area contributed by atoms with Gasteiger partial charge in [-0.25, -0.2) is 14.6 Å². The van der Waals surface area contributed by atoms with Gasteiger partial charge in [0.2, 0.25) is 5.88 Å². The third-order valence-electron chi connectivity index (χ3n) is 4.07. The van der Waals surface area contributed by atoms with E-state index in [2.05, 4.69) is 4.98 Å². The highest BCUT2D eigenvalue weighted by atomic mass is 16.6. The summed E-state index contributed by atoms with van der Waals surface area (Å²) < 4.78 is 11.0. The van der Waals surface area contributed by atoms with Gasteiger partial charge in [-0.3, -0.25) is 15.0 Å². The molecule has 1 unspecified atom stereocenters. The van der Waals surface area contributed by atoms with Crippen molar-refractivity contribution in [3.05, 3.63) is 52.2 Å². The number of hydrogen-bond donors (Lipinski definition) is 1. The van der Waals surface area contributed by atoms with E-state index in [4.69, 9.17) is 9.47 Å². The van der Waals surface area contributed by atoms with E-state index in [0.29, 0.717) is 17.0 Å². The minimum atomic E-state index is -1.15. The zero-order valence-electron chi connectivity index (χ0n) is 16.0. The van der Waals surface area contributed by atoms with Crippen LogP contribution in [-0.2, 0) is 16.0 Å². The number of anilines is 1. The monoisotopic (exact) mass is 401 g/mol. The van der Waals surface area contributed by atoms with Gasteiger partial charge in [-0.1, -0.05) is 6.07 Å². The lowest BCUT2D eigenvalue weighted by Crippen LogP contribution is -2.45. The van der Waals surface area contributed by atoms with Gasteiger partial charge >= 0.3 is 12.1 Å². The van der Waals surface area contributed by atoms with Crippen LogP contribution in [0.25, 0.3) is 0 Å². The van der Waals surface area contributed by atoms with E-state index in [-0.39, 0.29) is 18.0 Å². The largest absolute Gasteiger partial charge is 0.480 e. The summed E-state index contributed by atoms with van der Waals surface area (Å²) in [4.78, 5) is 39.4. The van der Waals surface area contributed by atoms with E-state index in [1.54, 1.807) is 32.9 Å². The van der Waals surface area contributed by atoms with E-state index in [9.17, 15) is 24.8 Å². The molecule has 3 rings (SSSR count). The van der Waals surface area contributed by atoms with Gasteiger partial charge in [-0.15, -0.1) is 0 Å². The van der Waals surface area contributed by atoms with Crippen LogP contribution in [0, 0.1) is 10.1 Å². The van der Waals surface area contributed by atoms with E-state index >= 15 is 0 Å². The topological polar surface area (TPSA) is 132 Å². The fourth-order valence-electron chi connectivity index (χ4n) is 2.87. The van der Waals surface area contributed by atoms with Gasteiger partial charge in [0.15, 0.2) is 0 Å². The predicted molar refractivity (Wildman–Crippen MR) is 101 cm³/mol. The number of aliphatic carboxylic acids is 1. The Hall–Kier alpha value is -3.69. The highest BCUT2D eigenvalue weighted by Gasteiger charge is 2.41. The normalized spacial score (nSPS) is 15.6. The molecule has 0 saturated heterocycles. The minimum Gasteiger partial charge on any atom is -0.480 e. The fourth-order valence-corrected chi connectivity index (χ4v) is 2.87. The Labute approximate surface area is 165 Å². The second kappa shape index (κ2) is 7.38. The Morgan fingerprint density at radius 1 is 1.28 bits per heavy atom. The number of benzene rings is 1. The lowest BCUT2D eigenvalue weighted by Gasteiger charge is -2.27. The van der Waals surface area contributed by atoms with Crippen molar-refractivity contribution in [2.75, 3.05) is 4.90 Å². The van der Waals surface area contributed by atoms with Crippen LogP contribution in [-0.4, -0.2) is 38.7 Å². The SMILES string of the molecule is CC(C)(C)OC(=O)N1c2cc(Oc3ccc([N+](=O)[O-])cn3)ccc2CC1C(=O)O. The zero-order valence-corrected chi connectivity index (χ0v) is 16.0. The Bertz CT molecular complexity index is 967. The summed E-state index contributed by atoms with van der Waals surface area (Å²) >= 11 is 0. The van der Waals surface area contributed by atoms with Gasteiger partial charge in [-0.2, -0.15) is 0 Å². The van der Waals surface area contributed by atoms with Gasteiger partial charge < -0.3 is 14.6 Å². The molecule has 1 aliphatic heterocycles. The van der Waals surface area contributed by atoms with Crippen molar-refractivity contribution >= 4 is 23.4 Å². The number of nitro groups is 1. The zero-order chi connectivity index (χ0) is 21.3. The van der Waals surface area contributed by atoms with Gasteiger partial charge in [0.05, 0.1) is 10.6 Å². The number of fused-ring (bicyclic) bond motifs is 1. The van der Waals surface area contributed by atoms with Gasteiger partial charge in [-0.05, 0) is 32.4 Å². The maximum Gasteiger partial charge on any atom is 0.415 e. The molecule has 1 amide bonds. The molecule has 2 aromatic rings. The summed E-state index contributed by atoms with van der Waals surface area (Å²) in [5.74, 6) is -0.733. The molecule has 152 valence electrons. The number of carbonyl (C=O) groups is 2. The van der Waals surface area contributed by atoms with Crippen molar-refractivity contribution in [1.29, 1.82) is 0 Å². The molecule has 1 aliphatic rings. The number of carboxylic acids is 1. The fraction of sp³-hybridized carbons (Fsp3) is 0.316. The lowest BCUT2D eigenvalue weighted by atomic mass is 10.1. The van der Waals surface area contributed by atoms with Crippen molar-refractivity contribution in [2.24, 2.45) is 0 Å². The van der Waals surface area contributed by atoms with Crippen LogP contribution in [0.2, 0.25) is 0 Å². The smallest absolute Gasteiger partial charge is 0.415 e.